The summed E-state index contributed by atoms with van der Waals surface area (Å²) in [4.78, 5) is 42.0. The smallest absolute Gasteiger partial charge is 0.331 e. The fourth-order valence-electron chi connectivity index (χ4n) is 3.59. The summed E-state index contributed by atoms with van der Waals surface area (Å²) in [5, 5.41) is 3.69. The van der Waals surface area contributed by atoms with Gasteiger partial charge in [-0.15, -0.1) is 11.3 Å². The zero-order valence-corrected chi connectivity index (χ0v) is 18.6. The molecule has 1 saturated heterocycles. The first-order valence-corrected chi connectivity index (χ1v) is 11.2. The molecule has 10 heteroatoms. The fraction of sp³-hybridized carbons (Fsp3) is 0.318. The largest absolute Gasteiger partial charge is 0.455 e. The molecular weight excluding hydrogens is 428 g/mol. The van der Waals surface area contributed by atoms with Gasteiger partial charge in [-0.3, -0.25) is 10.3 Å². The molecule has 2 aliphatic rings. The molecule has 1 aliphatic carbocycles. The van der Waals surface area contributed by atoms with Gasteiger partial charge in [-0.25, -0.2) is 24.5 Å². The zero-order chi connectivity index (χ0) is 22.2. The second kappa shape index (κ2) is 8.19. The minimum Gasteiger partial charge on any atom is -0.455 e. The lowest BCUT2D eigenvalue weighted by molar-refractivity contribution is 0.189. The van der Waals surface area contributed by atoms with Gasteiger partial charge >= 0.3 is 12.1 Å². The second-order valence-corrected chi connectivity index (χ2v) is 9.03. The fourth-order valence-corrected chi connectivity index (χ4v) is 4.33. The van der Waals surface area contributed by atoms with Gasteiger partial charge in [0, 0.05) is 37.6 Å². The molecule has 2 fully saturated rings. The van der Waals surface area contributed by atoms with E-state index in [9.17, 15) is 9.59 Å². The molecule has 1 N–H and O–H groups in total. The highest BCUT2D eigenvalue weighted by Gasteiger charge is 2.41. The Morgan fingerprint density at radius 3 is 2.75 bits per heavy atom. The van der Waals surface area contributed by atoms with Crippen LogP contribution in [0.4, 0.5) is 15.4 Å². The van der Waals surface area contributed by atoms with Crippen LogP contribution in [0, 0.1) is 13.8 Å². The minimum absolute atomic E-state index is 0.230. The lowest BCUT2D eigenvalue weighted by Crippen LogP contribution is -2.39. The van der Waals surface area contributed by atoms with Gasteiger partial charge in [-0.1, -0.05) is 0 Å². The van der Waals surface area contributed by atoms with Crippen molar-refractivity contribution in [1.29, 1.82) is 0 Å². The predicted molar refractivity (Wildman–Crippen MR) is 120 cm³/mol. The first-order chi connectivity index (χ1) is 15.5. The topological polar surface area (TPSA) is 101 Å². The van der Waals surface area contributed by atoms with E-state index in [0.29, 0.717) is 42.1 Å². The van der Waals surface area contributed by atoms with Gasteiger partial charge in [0.05, 0.1) is 21.3 Å². The summed E-state index contributed by atoms with van der Waals surface area (Å²) >= 11 is 1.57. The summed E-state index contributed by atoms with van der Waals surface area (Å²) in [6, 6.07) is 6.64. The predicted octanol–water partition coefficient (Wildman–Crippen LogP) is 4.44. The Hall–Kier alpha value is -3.53. The van der Waals surface area contributed by atoms with Crippen molar-refractivity contribution < 1.29 is 14.3 Å². The third-order valence-corrected chi connectivity index (χ3v) is 6.31. The SMILES string of the molecule is Cc1ncc(-c2cc(Oc3ccc(NC(=O)N4CCN(C5CC5)C4=O)nc3C)ccn2)s1. The van der Waals surface area contributed by atoms with E-state index in [-0.39, 0.29) is 6.03 Å². The van der Waals surface area contributed by atoms with Crippen LogP contribution in [-0.4, -0.2) is 55.9 Å². The Morgan fingerprint density at radius 2 is 2.03 bits per heavy atom. The van der Waals surface area contributed by atoms with E-state index in [1.54, 1.807) is 53.8 Å². The van der Waals surface area contributed by atoms with Gasteiger partial charge in [0.25, 0.3) is 0 Å². The van der Waals surface area contributed by atoms with E-state index >= 15 is 0 Å². The van der Waals surface area contributed by atoms with Crippen LogP contribution in [0.1, 0.15) is 23.5 Å². The number of carbonyl (C=O) groups is 2. The Kier molecular flexibility index (Phi) is 5.22. The quantitative estimate of drug-likeness (QED) is 0.617. The van der Waals surface area contributed by atoms with Crippen LogP contribution in [0.3, 0.4) is 0 Å². The molecule has 1 saturated carbocycles. The van der Waals surface area contributed by atoms with E-state index in [0.717, 1.165) is 28.4 Å². The van der Waals surface area contributed by atoms with Crippen LogP contribution in [0.25, 0.3) is 10.6 Å². The summed E-state index contributed by atoms with van der Waals surface area (Å²) in [6.07, 6.45) is 5.53. The number of hydrogen-bond acceptors (Lipinski definition) is 7. The molecule has 3 aromatic rings. The van der Waals surface area contributed by atoms with Gasteiger partial charge in [-0.2, -0.15) is 0 Å². The Morgan fingerprint density at radius 1 is 1.19 bits per heavy atom. The van der Waals surface area contributed by atoms with Crippen molar-refractivity contribution >= 4 is 29.2 Å². The third kappa shape index (κ3) is 4.13. The number of pyridine rings is 2. The van der Waals surface area contributed by atoms with Crippen molar-refractivity contribution in [3.63, 3.8) is 0 Å². The molecule has 9 nitrogen and oxygen atoms in total. The maximum absolute atomic E-state index is 12.6. The van der Waals surface area contributed by atoms with Gasteiger partial charge in [-0.05, 0) is 44.9 Å². The Bertz CT molecular complexity index is 1190. The van der Waals surface area contributed by atoms with Crippen LogP contribution >= 0.6 is 11.3 Å². The molecule has 0 radical (unpaired) electrons. The van der Waals surface area contributed by atoms with E-state index in [4.69, 9.17) is 4.74 Å². The van der Waals surface area contributed by atoms with E-state index in [1.165, 1.54) is 4.90 Å². The van der Waals surface area contributed by atoms with Crippen molar-refractivity contribution in [3.05, 3.63) is 47.4 Å². The number of nitrogens with zero attached hydrogens (tertiary/aromatic N) is 5. The van der Waals surface area contributed by atoms with Gasteiger partial charge in [0.15, 0.2) is 0 Å². The molecule has 1 aliphatic heterocycles. The molecule has 0 unspecified atom stereocenters. The van der Waals surface area contributed by atoms with Crippen molar-refractivity contribution in [3.8, 4) is 22.1 Å². The van der Waals surface area contributed by atoms with E-state index in [2.05, 4.69) is 20.3 Å². The molecule has 5 rings (SSSR count). The van der Waals surface area contributed by atoms with Crippen LogP contribution < -0.4 is 10.1 Å². The first kappa shape index (κ1) is 20.4. The summed E-state index contributed by atoms with van der Waals surface area (Å²) in [5.41, 5.74) is 1.40. The number of anilines is 1. The average Bonchev–Trinajstić information content (AvgIpc) is 3.40. The molecule has 4 heterocycles. The number of thiazole rings is 1. The van der Waals surface area contributed by atoms with Crippen molar-refractivity contribution in [2.75, 3.05) is 18.4 Å². The van der Waals surface area contributed by atoms with Crippen LogP contribution in [-0.2, 0) is 0 Å². The Balaban J connectivity index is 1.26. The monoisotopic (exact) mass is 450 g/mol. The molecular formula is C22H22N6O3S. The summed E-state index contributed by atoms with van der Waals surface area (Å²) < 4.78 is 6.00. The van der Waals surface area contributed by atoms with E-state index < -0.39 is 6.03 Å². The maximum Gasteiger partial charge on any atom is 0.331 e. The number of imide groups is 1. The van der Waals surface area contributed by atoms with E-state index in [1.807, 2.05) is 13.0 Å². The molecule has 32 heavy (non-hydrogen) atoms. The first-order valence-electron chi connectivity index (χ1n) is 10.4. The number of aryl methyl sites for hydroxylation is 2. The van der Waals surface area contributed by atoms with Crippen molar-refractivity contribution in [1.82, 2.24) is 24.8 Å². The molecule has 3 aromatic heterocycles. The molecule has 0 bridgehead atoms. The zero-order valence-electron chi connectivity index (χ0n) is 17.7. The van der Waals surface area contributed by atoms with Gasteiger partial charge in [0.2, 0.25) is 0 Å². The standard InChI is InChI=1S/C22H22N6O3S/c1-13-18(31-16-7-8-23-17(11-16)19-12-24-14(2)32-19)5-6-20(25-13)26-21(29)28-10-9-27(22(28)30)15-3-4-15/h5-8,11-12,15H,3-4,9-10H2,1-2H3,(H,25,26,29). The molecule has 0 aromatic carbocycles. The maximum atomic E-state index is 12.6. The average molecular weight is 451 g/mol. The molecule has 0 atom stereocenters. The number of amides is 4. The number of urea groups is 2. The second-order valence-electron chi connectivity index (χ2n) is 7.79. The minimum atomic E-state index is -0.461. The number of nitrogens with one attached hydrogen (secondary N) is 1. The summed E-state index contributed by atoms with van der Waals surface area (Å²) in [7, 11) is 0. The highest BCUT2D eigenvalue weighted by Crippen LogP contribution is 2.31. The lowest BCUT2D eigenvalue weighted by atomic mass is 10.3. The van der Waals surface area contributed by atoms with Gasteiger partial charge in [0.1, 0.15) is 17.3 Å². The normalized spacial score (nSPS) is 15.9. The van der Waals surface area contributed by atoms with Crippen LogP contribution in [0.2, 0.25) is 0 Å². The number of rotatable bonds is 5. The lowest BCUT2D eigenvalue weighted by Gasteiger charge is -2.17. The number of ether oxygens (including phenoxy) is 1. The van der Waals surface area contributed by atoms with Crippen molar-refractivity contribution in [2.24, 2.45) is 0 Å². The van der Waals surface area contributed by atoms with Crippen molar-refractivity contribution in [2.45, 2.75) is 32.7 Å². The van der Waals surface area contributed by atoms with Crippen LogP contribution in [0.5, 0.6) is 11.5 Å². The summed E-state index contributed by atoms with van der Waals surface area (Å²) in [5.74, 6) is 1.57. The number of aromatic nitrogens is 3. The highest BCUT2D eigenvalue weighted by molar-refractivity contribution is 7.15. The molecule has 0 spiro atoms. The molecule has 4 amide bonds. The molecule has 164 valence electrons. The third-order valence-electron chi connectivity index (χ3n) is 5.38. The number of carbonyl (C=O) groups excluding carboxylic acids is 2. The Labute approximate surface area is 189 Å². The highest BCUT2D eigenvalue weighted by atomic mass is 32.1. The van der Waals surface area contributed by atoms with Gasteiger partial charge < -0.3 is 9.64 Å². The number of hydrogen-bond donors (Lipinski definition) is 1. The summed E-state index contributed by atoms with van der Waals surface area (Å²) in [6.45, 7) is 4.73. The van der Waals surface area contributed by atoms with Crippen LogP contribution in [0.15, 0.2) is 36.7 Å².